The van der Waals surface area contributed by atoms with Gasteiger partial charge in [0, 0.05) is 6.54 Å². The minimum absolute atomic E-state index is 0.243. The number of nitrogens with zero attached hydrogens (tertiary/aromatic N) is 1. The van der Waals surface area contributed by atoms with E-state index < -0.39 is 0 Å². The number of rotatable bonds is 3. The maximum Gasteiger partial charge on any atom is 0.337 e. The summed E-state index contributed by atoms with van der Waals surface area (Å²) in [7, 11) is 3.49. The van der Waals surface area contributed by atoms with E-state index in [1.54, 1.807) is 12.1 Å². The number of esters is 1. The van der Waals surface area contributed by atoms with Crippen molar-refractivity contribution in [2.75, 3.05) is 27.2 Å². The Morgan fingerprint density at radius 1 is 1.33 bits per heavy atom. The third kappa shape index (κ3) is 3.23. The third-order valence-electron chi connectivity index (χ3n) is 3.16. The average molecular weight is 249 g/mol. The normalized spacial score (nSPS) is 20.4. The van der Waals surface area contributed by atoms with Crippen molar-refractivity contribution in [2.24, 2.45) is 0 Å². The van der Waals surface area contributed by atoms with Gasteiger partial charge in [-0.05, 0) is 50.7 Å². The van der Waals surface area contributed by atoms with Crippen LogP contribution in [-0.4, -0.2) is 44.2 Å². The van der Waals surface area contributed by atoms with Crippen molar-refractivity contribution < 1.29 is 14.3 Å². The van der Waals surface area contributed by atoms with Crippen molar-refractivity contribution in [3.63, 3.8) is 0 Å². The summed E-state index contributed by atoms with van der Waals surface area (Å²) in [4.78, 5) is 13.6. The summed E-state index contributed by atoms with van der Waals surface area (Å²) in [6, 6.07) is 7.10. The molecule has 0 saturated carbocycles. The topological polar surface area (TPSA) is 38.8 Å². The second kappa shape index (κ2) is 5.87. The molecule has 4 nitrogen and oxygen atoms in total. The van der Waals surface area contributed by atoms with Gasteiger partial charge in [0.1, 0.15) is 11.9 Å². The molecule has 0 radical (unpaired) electrons. The van der Waals surface area contributed by atoms with E-state index in [1.807, 2.05) is 12.1 Å². The molecule has 1 saturated heterocycles. The van der Waals surface area contributed by atoms with Crippen molar-refractivity contribution in [2.45, 2.75) is 18.9 Å². The summed E-state index contributed by atoms with van der Waals surface area (Å²) in [5.74, 6) is 0.488. The minimum Gasteiger partial charge on any atom is -0.489 e. The van der Waals surface area contributed by atoms with E-state index in [0.717, 1.165) is 25.3 Å². The highest BCUT2D eigenvalue weighted by molar-refractivity contribution is 5.89. The molecule has 0 aromatic heterocycles. The molecule has 4 heteroatoms. The highest BCUT2D eigenvalue weighted by atomic mass is 16.5. The van der Waals surface area contributed by atoms with E-state index in [-0.39, 0.29) is 12.1 Å². The van der Waals surface area contributed by atoms with Crippen molar-refractivity contribution >= 4 is 5.97 Å². The predicted molar refractivity (Wildman–Crippen MR) is 68.9 cm³/mol. The van der Waals surface area contributed by atoms with Crippen LogP contribution in [0.4, 0.5) is 0 Å². The molecule has 1 heterocycles. The Kier molecular flexibility index (Phi) is 4.20. The molecule has 1 atom stereocenters. The van der Waals surface area contributed by atoms with Crippen LogP contribution in [0.5, 0.6) is 5.75 Å². The van der Waals surface area contributed by atoms with Gasteiger partial charge in [-0.3, -0.25) is 0 Å². The molecule has 18 heavy (non-hydrogen) atoms. The number of methoxy groups -OCH3 is 1. The zero-order valence-electron chi connectivity index (χ0n) is 10.9. The fourth-order valence-electron chi connectivity index (χ4n) is 2.20. The third-order valence-corrected chi connectivity index (χ3v) is 3.16. The van der Waals surface area contributed by atoms with Crippen LogP contribution in [-0.2, 0) is 4.74 Å². The number of carbonyl (C=O) groups excluding carboxylic acids is 1. The van der Waals surface area contributed by atoms with Crippen LogP contribution >= 0.6 is 0 Å². The second-order valence-corrected chi connectivity index (χ2v) is 4.66. The van der Waals surface area contributed by atoms with Gasteiger partial charge in [-0.15, -0.1) is 0 Å². The molecule has 0 amide bonds. The molecule has 0 aliphatic carbocycles. The van der Waals surface area contributed by atoms with Crippen molar-refractivity contribution in [3.05, 3.63) is 29.8 Å². The van der Waals surface area contributed by atoms with E-state index in [1.165, 1.54) is 13.5 Å². The molecule has 0 bridgehead atoms. The van der Waals surface area contributed by atoms with E-state index >= 15 is 0 Å². The Hall–Kier alpha value is -1.55. The maximum atomic E-state index is 11.3. The largest absolute Gasteiger partial charge is 0.489 e. The fraction of sp³-hybridized carbons (Fsp3) is 0.500. The van der Waals surface area contributed by atoms with Crippen LogP contribution in [0.25, 0.3) is 0 Å². The summed E-state index contributed by atoms with van der Waals surface area (Å²) in [5.41, 5.74) is 0.547. The summed E-state index contributed by atoms with van der Waals surface area (Å²) < 4.78 is 10.6. The number of ether oxygens (including phenoxy) is 2. The summed E-state index contributed by atoms with van der Waals surface area (Å²) in [6.45, 7) is 2.10. The molecule has 1 aromatic carbocycles. The van der Waals surface area contributed by atoms with Gasteiger partial charge in [0.15, 0.2) is 0 Å². The molecule has 0 spiro atoms. The highest BCUT2D eigenvalue weighted by Crippen LogP contribution is 2.18. The number of likely N-dealkylation sites (N-methyl/N-ethyl adjacent to an activating group) is 1. The number of hydrogen-bond donors (Lipinski definition) is 0. The van der Waals surface area contributed by atoms with Crippen LogP contribution < -0.4 is 4.74 Å². The zero-order chi connectivity index (χ0) is 13.0. The molecule has 2 rings (SSSR count). The number of carbonyl (C=O) groups is 1. The standard InChI is InChI=1S/C14H19NO3/c1-15-9-3-4-13(10-15)18-12-7-5-11(6-8-12)14(16)17-2/h5-8,13H,3-4,9-10H2,1-2H3. The van der Waals surface area contributed by atoms with E-state index in [0.29, 0.717) is 5.56 Å². The SMILES string of the molecule is COC(=O)c1ccc(OC2CCCN(C)C2)cc1. The summed E-state index contributed by atoms with van der Waals surface area (Å²) >= 11 is 0. The minimum atomic E-state index is -0.320. The quantitative estimate of drug-likeness (QED) is 0.767. The fourth-order valence-corrected chi connectivity index (χ4v) is 2.20. The lowest BCUT2D eigenvalue weighted by Gasteiger charge is -2.30. The van der Waals surface area contributed by atoms with Crippen molar-refractivity contribution in [1.29, 1.82) is 0 Å². The van der Waals surface area contributed by atoms with Gasteiger partial charge in [-0.1, -0.05) is 0 Å². The molecular formula is C14H19NO3. The van der Waals surface area contributed by atoms with Crippen LogP contribution in [0, 0.1) is 0 Å². The van der Waals surface area contributed by atoms with E-state index in [9.17, 15) is 4.79 Å². The molecule has 1 aliphatic heterocycles. The number of piperidine rings is 1. The van der Waals surface area contributed by atoms with Crippen LogP contribution in [0.2, 0.25) is 0 Å². The summed E-state index contributed by atoms with van der Waals surface area (Å²) in [5, 5.41) is 0. The van der Waals surface area contributed by atoms with Crippen LogP contribution in [0.15, 0.2) is 24.3 Å². The first-order chi connectivity index (χ1) is 8.69. The van der Waals surface area contributed by atoms with Gasteiger partial charge >= 0.3 is 5.97 Å². The first kappa shape index (κ1) is 12.9. The molecule has 1 fully saturated rings. The zero-order valence-corrected chi connectivity index (χ0v) is 10.9. The van der Waals surface area contributed by atoms with Gasteiger partial charge < -0.3 is 14.4 Å². The van der Waals surface area contributed by atoms with Crippen molar-refractivity contribution in [1.82, 2.24) is 4.90 Å². The Morgan fingerprint density at radius 2 is 2.06 bits per heavy atom. The van der Waals surface area contributed by atoms with Gasteiger partial charge in [0.2, 0.25) is 0 Å². The smallest absolute Gasteiger partial charge is 0.337 e. The lowest BCUT2D eigenvalue weighted by molar-refractivity contribution is 0.0600. The lowest BCUT2D eigenvalue weighted by atomic mass is 10.1. The monoisotopic (exact) mass is 249 g/mol. The highest BCUT2D eigenvalue weighted by Gasteiger charge is 2.18. The van der Waals surface area contributed by atoms with E-state index in [4.69, 9.17) is 4.74 Å². The Balaban J connectivity index is 1.95. The summed E-state index contributed by atoms with van der Waals surface area (Å²) in [6.07, 6.45) is 2.50. The number of benzene rings is 1. The van der Waals surface area contributed by atoms with Gasteiger partial charge in [-0.2, -0.15) is 0 Å². The van der Waals surface area contributed by atoms with Crippen molar-refractivity contribution in [3.8, 4) is 5.75 Å². The first-order valence-corrected chi connectivity index (χ1v) is 6.22. The molecule has 98 valence electrons. The van der Waals surface area contributed by atoms with Gasteiger partial charge in [-0.25, -0.2) is 4.79 Å². The predicted octanol–water partition coefficient (Wildman–Crippen LogP) is 1.95. The molecule has 1 aromatic rings. The molecular weight excluding hydrogens is 230 g/mol. The number of hydrogen-bond acceptors (Lipinski definition) is 4. The van der Waals surface area contributed by atoms with Gasteiger partial charge in [0.05, 0.1) is 12.7 Å². The Bertz CT molecular complexity index is 402. The second-order valence-electron chi connectivity index (χ2n) is 4.66. The Morgan fingerprint density at radius 3 is 2.67 bits per heavy atom. The van der Waals surface area contributed by atoms with Gasteiger partial charge in [0.25, 0.3) is 0 Å². The van der Waals surface area contributed by atoms with Crippen LogP contribution in [0.1, 0.15) is 23.2 Å². The molecule has 1 aliphatic rings. The van der Waals surface area contributed by atoms with E-state index in [2.05, 4.69) is 16.7 Å². The maximum absolute atomic E-state index is 11.3. The molecule has 1 unspecified atom stereocenters. The average Bonchev–Trinajstić information content (AvgIpc) is 2.39. The first-order valence-electron chi connectivity index (χ1n) is 6.22. The lowest BCUT2D eigenvalue weighted by Crippen LogP contribution is -2.38. The Labute approximate surface area is 107 Å². The number of likely N-dealkylation sites (tertiary alicyclic amines) is 1. The molecule has 0 N–H and O–H groups in total. The van der Waals surface area contributed by atoms with Crippen LogP contribution in [0.3, 0.4) is 0 Å².